The monoisotopic (exact) mass is 168 g/mol. The molecule has 0 aliphatic heterocycles. The Morgan fingerprint density at radius 2 is 2.17 bits per heavy atom. The molecule has 0 fully saturated rings. The van der Waals surface area contributed by atoms with Gasteiger partial charge < -0.3 is 9.88 Å². The lowest BCUT2D eigenvalue weighted by Gasteiger charge is -2.02. The predicted octanol–water partition coefficient (Wildman–Crippen LogP) is 0.623. The molecule has 0 aliphatic carbocycles. The van der Waals surface area contributed by atoms with Gasteiger partial charge in [-0.25, -0.2) is 0 Å². The zero-order valence-corrected chi connectivity index (χ0v) is 7.96. The quantitative estimate of drug-likeness (QED) is 0.670. The summed E-state index contributed by atoms with van der Waals surface area (Å²) in [5, 5.41) is 11.3. The van der Waals surface area contributed by atoms with E-state index in [9.17, 15) is 0 Å². The third-order valence-electron chi connectivity index (χ3n) is 1.89. The minimum absolute atomic E-state index is 0.811. The molecule has 1 aromatic rings. The molecule has 0 saturated heterocycles. The summed E-state index contributed by atoms with van der Waals surface area (Å²) in [4.78, 5) is 0. The molecule has 0 saturated carbocycles. The van der Waals surface area contributed by atoms with Crippen molar-refractivity contribution < 1.29 is 0 Å². The van der Waals surface area contributed by atoms with E-state index >= 15 is 0 Å². The molecule has 0 amide bonds. The van der Waals surface area contributed by atoms with E-state index in [0.29, 0.717) is 0 Å². The number of nitrogens with zero attached hydrogens (tertiary/aromatic N) is 3. The molecule has 0 bridgehead atoms. The molecule has 0 radical (unpaired) electrons. The molecule has 0 aromatic carbocycles. The largest absolute Gasteiger partial charge is 0.317 e. The van der Waals surface area contributed by atoms with Gasteiger partial charge in [0.25, 0.3) is 0 Å². The van der Waals surface area contributed by atoms with Crippen LogP contribution in [0, 0.1) is 6.92 Å². The van der Waals surface area contributed by atoms with Crippen molar-refractivity contribution in [1.29, 1.82) is 0 Å². The number of aromatic nitrogens is 3. The Bertz CT molecular complexity index is 241. The van der Waals surface area contributed by atoms with Crippen LogP contribution in [0.1, 0.15) is 25.0 Å². The lowest BCUT2D eigenvalue weighted by Crippen LogP contribution is -2.16. The topological polar surface area (TPSA) is 42.7 Å². The predicted molar refractivity (Wildman–Crippen MR) is 47.7 cm³/mol. The minimum atomic E-state index is 0.811. The molecule has 0 aliphatic rings. The van der Waals surface area contributed by atoms with Crippen molar-refractivity contribution in [2.75, 3.05) is 6.54 Å². The van der Waals surface area contributed by atoms with Crippen LogP contribution in [0.3, 0.4) is 0 Å². The molecule has 1 heterocycles. The van der Waals surface area contributed by atoms with Gasteiger partial charge in [0.15, 0.2) is 0 Å². The van der Waals surface area contributed by atoms with Gasteiger partial charge in [-0.05, 0) is 19.9 Å². The van der Waals surface area contributed by atoms with Gasteiger partial charge in [-0.3, -0.25) is 0 Å². The first-order valence-electron chi connectivity index (χ1n) is 4.31. The van der Waals surface area contributed by atoms with Gasteiger partial charge in [0.2, 0.25) is 0 Å². The molecule has 1 aromatic heterocycles. The zero-order valence-electron chi connectivity index (χ0n) is 7.96. The fraction of sp³-hybridized carbons (Fsp3) is 0.750. The van der Waals surface area contributed by atoms with Crippen LogP contribution in [0.4, 0.5) is 0 Å². The summed E-state index contributed by atoms with van der Waals surface area (Å²) in [6.45, 7) is 5.95. The van der Waals surface area contributed by atoms with Crippen molar-refractivity contribution in [2.45, 2.75) is 26.8 Å². The van der Waals surface area contributed by atoms with Crippen LogP contribution in [0.15, 0.2) is 0 Å². The second-order valence-electron chi connectivity index (χ2n) is 2.90. The second kappa shape index (κ2) is 4.21. The molecule has 0 unspecified atom stereocenters. The maximum atomic E-state index is 4.04. The van der Waals surface area contributed by atoms with Gasteiger partial charge in [0.1, 0.15) is 11.6 Å². The van der Waals surface area contributed by atoms with E-state index in [2.05, 4.69) is 22.4 Å². The van der Waals surface area contributed by atoms with E-state index in [1.54, 1.807) is 0 Å². The molecule has 12 heavy (non-hydrogen) atoms. The van der Waals surface area contributed by atoms with Crippen LogP contribution in [0.5, 0.6) is 0 Å². The standard InChI is InChI=1S/C8H16N4/c1-4-5-9-6-8-11-10-7(2)12(8)3/h9H,4-6H2,1-3H3. The first-order chi connectivity index (χ1) is 5.75. The first kappa shape index (κ1) is 9.19. The summed E-state index contributed by atoms with van der Waals surface area (Å²) >= 11 is 0. The Hall–Kier alpha value is -0.900. The normalized spacial score (nSPS) is 10.6. The van der Waals surface area contributed by atoms with Crippen molar-refractivity contribution in [2.24, 2.45) is 7.05 Å². The van der Waals surface area contributed by atoms with Gasteiger partial charge in [0, 0.05) is 7.05 Å². The van der Waals surface area contributed by atoms with E-state index in [4.69, 9.17) is 0 Å². The maximum absolute atomic E-state index is 4.04. The lowest BCUT2D eigenvalue weighted by molar-refractivity contribution is 0.626. The smallest absolute Gasteiger partial charge is 0.146 e. The molecular formula is C8H16N4. The summed E-state index contributed by atoms with van der Waals surface area (Å²) in [6.07, 6.45) is 1.15. The molecular weight excluding hydrogens is 152 g/mol. The summed E-state index contributed by atoms with van der Waals surface area (Å²) < 4.78 is 2.00. The van der Waals surface area contributed by atoms with Gasteiger partial charge in [-0.1, -0.05) is 6.92 Å². The Labute approximate surface area is 73.0 Å². The van der Waals surface area contributed by atoms with Crippen LogP contribution in [0.25, 0.3) is 0 Å². The van der Waals surface area contributed by atoms with E-state index in [1.807, 2.05) is 18.5 Å². The van der Waals surface area contributed by atoms with E-state index < -0.39 is 0 Å². The molecule has 0 spiro atoms. The average molecular weight is 168 g/mol. The van der Waals surface area contributed by atoms with Crippen LogP contribution in [0.2, 0.25) is 0 Å². The number of hydrogen-bond acceptors (Lipinski definition) is 3. The number of aryl methyl sites for hydroxylation is 1. The molecule has 68 valence electrons. The minimum Gasteiger partial charge on any atom is -0.317 e. The van der Waals surface area contributed by atoms with Crippen molar-refractivity contribution >= 4 is 0 Å². The van der Waals surface area contributed by atoms with Crippen molar-refractivity contribution in [3.63, 3.8) is 0 Å². The van der Waals surface area contributed by atoms with Crippen LogP contribution in [-0.2, 0) is 13.6 Å². The Morgan fingerprint density at radius 1 is 1.42 bits per heavy atom. The molecule has 1 rings (SSSR count). The van der Waals surface area contributed by atoms with Gasteiger partial charge >= 0.3 is 0 Å². The summed E-state index contributed by atoms with van der Waals surface area (Å²) in [5.74, 6) is 1.96. The highest BCUT2D eigenvalue weighted by atomic mass is 15.3. The average Bonchev–Trinajstić information content (AvgIpc) is 2.36. The fourth-order valence-electron chi connectivity index (χ4n) is 0.982. The SMILES string of the molecule is CCCNCc1nnc(C)n1C. The molecule has 1 N–H and O–H groups in total. The van der Waals surface area contributed by atoms with Crippen molar-refractivity contribution in [3.05, 3.63) is 11.6 Å². The summed E-state index contributed by atoms with van der Waals surface area (Å²) in [7, 11) is 1.98. The maximum Gasteiger partial charge on any atom is 0.146 e. The van der Waals surface area contributed by atoms with Crippen molar-refractivity contribution in [1.82, 2.24) is 20.1 Å². The number of hydrogen-bond donors (Lipinski definition) is 1. The third-order valence-corrected chi connectivity index (χ3v) is 1.89. The van der Waals surface area contributed by atoms with Crippen LogP contribution >= 0.6 is 0 Å². The fourth-order valence-corrected chi connectivity index (χ4v) is 0.982. The van der Waals surface area contributed by atoms with Gasteiger partial charge in [-0.2, -0.15) is 0 Å². The van der Waals surface area contributed by atoms with E-state index in [-0.39, 0.29) is 0 Å². The van der Waals surface area contributed by atoms with E-state index in [1.165, 1.54) is 0 Å². The Kier molecular flexibility index (Phi) is 3.22. The highest BCUT2D eigenvalue weighted by Crippen LogP contribution is 1.95. The van der Waals surface area contributed by atoms with Gasteiger partial charge in [0.05, 0.1) is 6.54 Å². The van der Waals surface area contributed by atoms with Crippen LogP contribution in [-0.4, -0.2) is 21.3 Å². The highest BCUT2D eigenvalue weighted by molar-refractivity contribution is 4.91. The highest BCUT2D eigenvalue weighted by Gasteiger charge is 2.02. The second-order valence-corrected chi connectivity index (χ2v) is 2.90. The molecule has 4 heteroatoms. The number of rotatable bonds is 4. The van der Waals surface area contributed by atoms with Gasteiger partial charge in [-0.15, -0.1) is 10.2 Å². The Morgan fingerprint density at radius 3 is 2.67 bits per heavy atom. The summed E-state index contributed by atoms with van der Waals surface area (Å²) in [6, 6.07) is 0. The Balaban J connectivity index is 2.46. The van der Waals surface area contributed by atoms with Crippen LogP contribution < -0.4 is 5.32 Å². The first-order valence-corrected chi connectivity index (χ1v) is 4.31. The van der Waals surface area contributed by atoms with E-state index in [0.717, 1.165) is 31.2 Å². The lowest BCUT2D eigenvalue weighted by atomic mass is 10.4. The third kappa shape index (κ3) is 2.04. The van der Waals surface area contributed by atoms with Crippen molar-refractivity contribution in [3.8, 4) is 0 Å². The zero-order chi connectivity index (χ0) is 8.97. The number of nitrogens with one attached hydrogen (secondary N) is 1. The molecule has 4 nitrogen and oxygen atoms in total. The molecule has 0 atom stereocenters. The summed E-state index contributed by atoms with van der Waals surface area (Å²) in [5.41, 5.74) is 0.